The molecule has 0 aromatic rings. The fraction of sp³-hybridized carbons (Fsp3) is 0.143. The average Bonchev–Trinajstić information content (AvgIpc) is 1.59. The minimum Gasteiger partial charge on any atom is -0.114 e. The van der Waals surface area contributed by atoms with Crippen LogP contribution in [-0.2, 0) is 0 Å². The van der Waals surface area contributed by atoms with Crippen molar-refractivity contribution in [3.8, 4) is 11.1 Å². The van der Waals surface area contributed by atoms with Crippen LogP contribution < -0.4 is 0 Å². The van der Waals surface area contributed by atoms with E-state index >= 15 is 0 Å². The third-order valence-corrected chi connectivity index (χ3v) is 1.54. The van der Waals surface area contributed by atoms with Gasteiger partial charge >= 0.3 is 0 Å². The predicted octanol–water partition coefficient (Wildman–Crippen LogP) is 2.55. The first-order valence-electron chi connectivity index (χ1n) is 2.49. The second kappa shape index (κ2) is 1.59. The number of benzene rings is 1. The molecule has 0 nitrogen and oxygen atoms in total. The molecule has 0 saturated carbocycles. The van der Waals surface area contributed by atoms with E-state index < -0.39 is 0 Å². The Bertz CT molecular complexity index is 216. The fourth-order valence-corrected chi connectivity index (χ4v) is 0.981. The second-order valence-corrected chi connectivity index (χ2v) is 2.03. The largest absolute Gasteiger partial charge is 0.114 e. The third kappa shape index (κ3) is 0.451. The highest BCUT2D eigenvalue weighted by molar-refractivity contribution is 8.93. The molecular weight excluding hydrogens is 164 g/mol. The number of halogens is 1. The summed E-state index contributed by atoms with van der Waals surface area (Å²) < 4.78 is 0. The lowest BCUT2D eigenvalue weighted by Crippen LogP contribution is -1.93. The maximum absolute atomic E-state index is 2.20. The van der Waals surface area contributed by atoms with Gasteiger partial charge in [-0.15, -0.1) is 17.0 Å². The summed E-state index contributed by atoms with van der Waals surface area (Å²) in [6, 6.07) is 6.50. The van der Waals surface area contributed by atoms with Crippen LogP contribution in [-0.4, -0.2) is 0 Å². The summed E-state index contributed by atoms with van der Waals surface area (Å²) in [7, 11) is 0. The molecule has 1 heteroatoms. The van der Waals surface area contributed by atoms with Gasteiger partial charge in [0.2, 0.25) is 0 Å². The summed E-state index contributed by atoms with van der Waals surface area (Å²) in [5.74, 6) is 0. The van der Waals surface area contributed by atoms with Crippen molar-refractivity contribution >= 4 is 17.0 Å². The molecule has 0 heterocycles. The summed E-state index contributed by atoms with van der Waals surface area (Å²) in [5.41, 5.74) is 4.36. The molecule has 2 aliphatic carbocycles. The molecule has 0 atom stereocenters. The Balaban J connectivity index is 0.000000320. The van der Waals surface area contributed by atoms with E-state index in [9.17, 15) is 0 Å². The lowest BCUT2D eigenvalue weighted by atomic mass is 9.88. The Morgan fingerprint density at radius 2 is 2.00 bits per heavy atom. The van der Waals surface area contributed by atoms with Crippen molar-refractivity contribution in [1.82, 2.24) is 0 Å². The Morgan fingerprint density at radius 1 is 1.25 bits per heavy atom. The van der Waals surface area contributed by atoms with E-state index in [-0.39, 0.29) is 17.0 Å². The van der Waals surface area contributed by atoms with Crippen LogP contribution in [0.15, 0.2) is 18.2 Å². The van der Waals surface area contributed by atoms with E-state index in [0.717, 1.165) is 0 Å². The molecule has 0 radical (unpaired) electrons. The van der Waals surface area contributed by atoms with Gasteiger partial charge in [-0.25, -0.2) is 0 Å². The number of aryl methyl sites for hydroxylation is 1. The van der Waals surface area contributed by atoms with Gasteiger partial charge in [0.15, 0.2) is 0 Å². The van der Waals surface area contributed by atoms with Crippen molar-refractivity contribution < 1.29 is 0 Å². The summed E-state index contributed by atoms with van der Waals surface area (Å²) in [6.45, 7) is 2.14. The van der Waals surface area contributed by atoms with Crippen LogP contribution in [0.4, 0.5) is 0 Å². The Hall–Kier alpha value is -0.300. The van der Waals surface area contributed by atoms with Gasteiger partial charge in [0.05, 0.1) is 0 Å². The average molecular weight is 171 g/mol. The minimum atomic E-state index is 0. The zero-order chi connectivity index (χ0) is 4.85. The molecule has 0 unspecified atom stereocenters. The van der Waals surface area contributed by atoms with Crippen LogP contribution in [0.2, 0.25) is 0 Å². The van der Waals surface area contributed by atoms with Crippen molar-refractivity contribution in [3.05, 3.63) is 23.8 Å². The number of rotatable bonds is 0. The molecule has 0 bridgehead atoms. The summed E-state index contributed by atoms with van der Waals surface area (Å²) >= 11 is 0. The number of hydrogen-bond acceptors (Lipinski definition) is 0. The molecule has 0 saturated heterocycles. The third-order valence-electron chi connectivity index (χ3n) is 1.54. The lowest BCUT2D eigenvalue weighted by Gasteiger charge is -2.17. The van der Waals surface area contributed by atoms with Crippen LogP contribution >= 0.6 is 17.0 Å². The van der Waals surface area contributed by atoms with E-state index in [1.807, 2.05) is 0 Å². The highest BCUT2D eigenvalue weighted by Crippen LogP contribution is 2.35. The van der Waals surface area contributed by atoms with E-state index in [2.05, 4.69) is 25.1 Å². The molecule has 0 fully saturated rings. The smallest absolute Gasteiger partial charge is 0.0154 e. The first-order valence-corrected chi connectivity index (χ1v) is 2.49. The van der Waals surface area contributed by atoms with Crippen molar-refractivity contribution in [3.63, 3.8) is 0 Å². The topological polar surface area (TPSA) is 0 Å². The molecule has 0 aliphatic heterocycles. The molecule has 8 heavy (non-hydrogen) atoms. The van der Waals surface area contributed by atoms with Crippen molar-refractivity contribution in [2.45, 2.75) is 6.92 Å². The summed E-state index contributed by atoms with van der Waals surface area (Å²) in [5, 5.41) is 0. The van der Waals surface area contributed by atoms with E-state index in [0.29, 0.717) is 0 Å². The predicted molar refractivity (Wildman–Crippen MR) is 40.5 cm³/mol. The normalized spacial score (nSPS) is 10.1. The number of fused-ring (bicyclic) bond motifs is 1. The van der Waals surface area contributed by atoms with Crippen molar-refractivity contribution in [2.24, 2.45) is 0 Å². The van der Waals surface area contributed by atoms with Gasteiger partial charge in [-0.2, -0.15) is 0 Å². The monoisotopic (exact) mass is 170 g/mol. The van der Waals surface area contributed by atoms with Gasteiger partial charge in [-0.1, -0.05) is 18.2 Å². The molecular formula is C7H7Br. The van der Waals surface area contributed by atoms with E-state index in [1.165, 1.54) is 16.7 Å². The first kappa shape index (κ1) is 5.83. The van der Waals surface area contributed by atoms with E-state index in [4.69, 9.17) is 0 Å². The fourth-order valence-electron chi connectivity index (χ4n) is 0.981. The van der Waals surface area contributed by atoms with Gasteiger partial charge < -0.3 is 0 Å². The molecule has 0 spiro atoms. The molecule has 0 amide bonds. The first-order chi connectivity index (χ1) is 3.38. The van der Waals surface area contributed by atoms with Crippen molar-refractivity contribution in [1.29, 1.82) is 0 Å². The molecule has 0 aromatic heterocycles. The maximum atomic E-state index is 2.20. The zero-order valence-corrected chi connectivity index (χ0v) is 6.35. The van der Waals surface area contributed by atoms with Crippen LogP contribution in [0, 0.1) is 6.92 Å². The van der Waals surface area contributed by atoms with Gasteiger partial charge in [0.25, 0.3) is 0 Å². The van der Waals surface area contributed by atoms with Gasteiger partial charge in [-0.3, -0.25) is 0 Å². The molecule has 2 rings (SSSR count). The van der Waals surface area contributed by atoms with Crippen LogP contribution in [0.3, 0.4) is 0 Å². The van der Waals surface area contributed by atoms with Crippen LogP contribution in [0.5, 0.6) is 0 Å². The Labute approximate surface area is 59.3 Å². The van der Waals surface area contributed by atoms with Crippen LogP contribution in [0.25, 0.3) is 11.1 Å². The standard InChI is InChI=1S/C7H6.BrH/c1-5-4-6-2-3-7(5)6;/h2-4H,1H3;1H. The number of hydrogen-bond donors (Lipinski definition) is 0. The SMILES string of the molecule is Br.Cc1cc2ccc1-2. The lowest BCUT2D eigenvalue weighted by molar-refractivity contribution is 1.38. The van der Waals surface area contributed by atoms with Crippen molar-refractivity contribution in [2.75, 3.05) is 0 Å². The molecule has 0 N–H and O–H groups in total. The van der Waals surface area contributed by atoms with Gasteiger partial charge in [0.1, 0.15) is 0 Å². The molecule has 42 valence electrons. The summed E-state index contributed by atoms with van der Waals surface area (Å²) in [6.07, 6.45) is 0. The molecule has 0 aromatic carbocycles. The van der Waals surface area contributed by atoms with Crippen LogP contribution in [0.1, 0.15) is 5.56 Å². The van der Waals surface area contributed by atoms with E-state index in [1.54, 1.807) is 0 Å². The second-order valence-electron chi connectivity index (χ2n) is 2.03. The maximum Gasteiger partial charge on any atom is -0.0154 e. The zero-order valence-electron chi connectivity index (χ0n) is 4.64. The quantitative estimate of drug-likeness (QED) is 0.571. The Kier molecular flexibility index (Phi) is 1.16. The van der Waals surface area contributed by atoms with Gasteiger partial charge in [0, 0.05) is 0 Å². The van der Waals surface area contributed by atoms with Gasteiger partial charge in [-0.05, 0) is 23.6 Å². The minimum absolute atomic E-state index is 0. The highest BCUT2D eigenvalue weighted by Gasteiger charge is 2.10. The highest BCUT2D eigenvalue weighted by atomic mass is 79.9. The summed E-state index contributed by atoms with van der Waals surface area (Å²) in [4.78, 5) is 0. The Morgan fingerprint density at radius 3 is 2.00 bits per heavy atom. The molecule has 2 aliphatic rings.